The molecule has 0 atom stereocenters. The highest BCUT2D eigenvalue weighted by Crippen LogP contribution is 2.18. The fraction of sp³-hybridized carbons (Fsp3) is 0.250. The lowest BCUT2D eigenvalue weighted by Crippen LogP contribution is -2.20. The summed E-state index contributed by atoms with van der Waals surface area (Å²) in [5.41, 5.74) is 1.66. The Morgan fingerprint density at radius 1 is 1.50 bits per heavy atom. The first kappa shape index (κ1) is 12.6. The average Bonchev–Trinajstić information content (AvgIpc) is 2.75. The third kappa shape index (κ3) is 3.10. The normalized spacial score (nSPS) is 10.3. The molecular formula is C12H14N4OS. The van der Waals surface area contributed by atoms with Gasteiger partial charge in [0.1, 0.15) is 6.54 Å². The number of nitrogens with zero attached hydrogens (tertiary/aromatic N) is 3. The number of hydrogen-bond acceptors (Lipinski definition) is 4. The lowest BCUT2D eigenvalue weighted by Gasteiger charge is -2.07. The molecule has 5 nitrogen and oxygen atoms in total. The van der Waals surface area contributed by atoms with E-state index in [0.29, 0.717) is 0 Å². The lowest BCUT2D eigenvalue weighted by molar-refractivity contribution is -0.117. The fourth-order valence-electron chi connectivity index (χ4n) is 1.50. The van der Waals surface area contributed by atoms with Crippen LogP contribution in [0.3, 0.4) is 0 Å². The Kier molecular flexibility index (Phi) is 3.99. The van der Waals surface area contributed by atoms with Crippen LogP contribution in [0.4, 0.5) is 5.69 Å². The number of hydrogen-bond donors (Lipinski definition) is 1. The van der Waals surface area contributed by atoms with Crippen LogP contribution in [0, 0.1) is 6.92 Å². The zero-order valence-electron chi connectivity index (χ0n) is 10.3. The molecule has 0 saturated carbocycles. The van der Waals surface area contributed by atoms with E-state index in [1.54, 1.807) is 22.6 Å². The summed E-state index contributed by atoms with van der Waals surface area (Å²) in [6, 6.07) is 7.73. The summed E-state index contributed by atoms with van der Waals surface area (Å²) in [4.78, 5) is 12.9. The molecule has 1 aromatic carbocycles. The first-order chi connectivity index (χ1) is 8.69. The molecule has 18 heavy (non-hydrogen) atoms. The van der Waals surface area contributed by atoms with Gasteiger partial charge in [-0.15, -0.1) is 16.9 Å². The van der Waals surface area contributed by atoms with Gasteiger partial charge in [0.05, 0.1) is 11.9 Å². The van der Waals surface area contributed by atoms with Crippen molar-refractivity contribution in [1.82, 2.24) is 15.0 Å². The topological polar surface area (TPSA) is 59.8 Å². The molecule has 1 amide bonds. The summed E-state index contributed by atoms with van der Waals surface area (Å²) >= 11 is 1.64. The Hall–Kier alpha value is -1.82. The number of benzene rings is 1. The van der Waals surface area contributed by atoms with Crippen LogP contribution in [-0.4, -0.2) is 27.2 Å². The minimum atomic E-state index is -0.109. The van der Waals surface area contributed by atoms with Gasteiger partial charge < -0.3 is 5.32 Å². The van der Waals surface area contributed by atoms with Gasteiger partial charge in [0, 0.05) is 10.6 Å². The third-order valence-corrected chi connectivity index (χ3v) is 3.18. The van der Waals surface area contributed by atoms with Gasteiger partial charge in [0.25, 0.3) is 0 Å². The van der Waals surface area contributed by atoms with Gasteiger partial charge in [0.2, 0.25) is 5.91 Å². The number of rotatable bonds is 4. The van der Waals surface area contributed by atoms with E-state index in [2.05, 4.69) is 15.6 Å². The third-order valence-electron chi connectivity index (χ3n) is 2.46. The molecule has 94 valence electrons. The number of thioether (sulfide) groups is 1. The Balaban J connectivity index is 2.01. The number of aromatic nitrogens is 3. The smallest absolute Gasteiger partial charge is 0.246 e. The Bertz CT molecular complexity index is 553. The number of carbonyl (C=O) groups excluding carboxylic acids is 1. The summed E-state index contributed by atoms with van der Waals surface area (Å²) in [5.74, 6) is -0.109. The molecule has 1 N–H and O–H groups in total. The monoisotopic (exact) mass is 262 g/mol. The molecule has 0 fully saturated rings. The maximum absolute atomic E-state index is 11.8. The highest BCUT2D eigenvalue weighted by molar-refractivity contribution is 7.98. The van der Waals surface area contributed by atoms with E-state index in [0.717, 1.165) is 16.3 Å². The second-order valence-corrected chi connectivity index (χ2v) is 4.69. The molecule has 0 spiro atoms. The van der Waals surface area contributed by atoms with Gasteiger partial charge in [0.15, 0.2) is 0 Å². The Morgan fingerprint density at radius 2 is 2.33 bits per heavy atom. The van der Waals surface area contributed by atoms with Crippen molar-refractivity contribution < 1.29 is 4.79 Å². The molecule has 1 heterocycles. The molecule has 0 bridgehead atoms. The molecule has 1 aromatic heterocycles. The van der Waals surface area contributed by atoms with E-state index in [-0.39, 0.29) is 12.5 Å². The van der Waals surface area contributed by atoms with E-state index >= 15 is 0 Å². The first-order valence-electron chi connectivity index (χ1n) is 5.48. The van der Waals surface area contributed by atoms with Crippen molar-refractivity contribution in [3.63, 3.8) is 0 Å². The van der Waals surface area contributed by atoms with Crippen LogP contribution in [0.15, 0.2) is 35.4 Å². The molecule has 2 aromatic rings. The number of aryl methyl sites for hydroxylation is 1. The van der Waals surface area contributed by atoms with Crippen molar-refractivity contribution in [2.75, 3.05) is 11.6 Å². The molecule has 2 rings (SSSR count). The van der Waals surface area contributed by atoms with Gasteiger partial charge in [-0.05, 0) is 31.4 Å². The summed E-state index contributed by atoms with van der Waals surface area (Å²) < 4.78 is 1.56. The minimum Gasteiger partial charge on any atom is -0.324 e. The molecule has 0 aliphatic carbocycles. The second-order valence-electron chi connectivity index (χ2n) is 3.81. The van der Waals surface area contributed by atoms with Crippen molar-refractivity contribution in [2.45, 2.75) is 18.4 Å². The van der Waals surface area contributed by atoms with Crippen LogP contribution in [0.1, 0.15) is 5.69 Å². The van der Waals surface area contributed by atoms with Crippen LogP contribution in [0.25, 0.3) is 0 Å². The summed E-state index contributed by atoms with van der Waals surface area (Å²) in [6.07, 6.45) is 3.63. The van der Waals surface area contributed by atoms with Gasteiger partial charge in [-0.1, -0.05) is 11.3 Å². The maximum atomic E-state index is 11.8. The molecule has 0 aliphatic heterocycles. The van der Waals surface area contributed by atoms with Crippen molar-refractivity contribution in [3.8, 4) is 0 Å². The first-order valence-corrected chi connectivity index (χ1v) is 6.70. The van der Waals surface area contributed by atoms with Gasteiger partial charge >= 0.3 is 0 Å². The van der Waals surface area contributed by atoms with Crippen molar-refractivity contribution in [3.05, 3.63) is 36.2 Å². The zero-order chi connectivity index (χ0) is 13.0. The second kappa shape index (κ2) is 5.68. The molecule has 0 radical (unpaired) electrons. The van der Waals surface area contributed by atoms with Crippen LogP contribution in [0.2, 0.25) is 0 Å². The van der Waals surface area contributed by atoms with E-state index < -0.39 is 0 Å². The molecular weight excluding hydrogens is 248 g/mol. The van der Waals surface area contributed by atoms with Crippen molar-refractivity contribution in [1.29, 1.82) is 0 Å². The average molecular weight is 262 g/mol. The molecule has 0 saturated heterocycles. The number of carbonyl (C=O) groups is 1. The SMILES string of the molecule is CSc1cccc(NC(=O)Cn2nncc2C)c1. The lowest BCUT2D eigenvalue weighted by atomic mass is 10.3. The summed E-state index contributed by atoms with van der Waals surface area (Å²) in [6.45, 7) is 2.04. The predicted molar refractivity (Wildman–Crippen MR) is 71.6 cm³/mol. The maximum Gasteiger partial charge on any atom is 0.246 e. The summed E-state index contributed by atoms with van der Waals surface area (Å²) in [5, 5.41) is 10.4. The van der Waals surface area contributed by atoms with Crippen LogP contribution < -0.4 is 5.32 Å². The van der Waals surface area contributed by atoms with Gasteiger partial charge in [-0.3, -0.25) is 4.79 Å². The van der Waals surface area contributed by atoms with Gasteiger partial charge in [-0.2, -0.15) is 0 Å². The summed E-state index contributed by atoms with van der Waals surface area (Å²) in [7, 11) is 0. The zero-order valence-corrected chi connectivity index (χ0v) is 11.1. The van der Waals surface area contributed by atoms with Gasteiger partial charge in [-0.25, -0.2) is 4.68 Å². The Labute approximate surface area is 110 Å². The molecule has 6 heteroatoms. The van der Waals surface area contributed by atoms with E-state index in [1.165, 1.54) is 0 Å². The van der Waals surface area contributed by atoms with Crippen LogP contribution in [-0.2, 0) is 11.3 Å². The number of nitrogens with one attached hydrogen (secondary N) is 1. The van der Waals surface area contributed by atoms with Crippen molar-refractivity contribution >= 4 is 23.4 Å². The molecule has 0 unspecified atom stereocenters. The number of anilines is 1. The van der Waals surface area contributed by atoms with Crippen LogP contribution in [0.5, 0.6) is 0 Å². The van der Waals surface area contributed by atoms with E-state index in [9.17, 15) is 4.79 Å². The predicted octanol–water partition coefficient (Wildman–Crippen LogP) is 1.95. The minimum absolute atomic E-state index is 0.109. The quantitative estimate of drug-likeness (QED) is 0.856. The fourth-order valence-corrected chi connectivity index (χ4v) is 1.96. The Morgan fingerprint density at radius 3 is 3.00 bits per heavy atom. The highest BCUT2D eigenvalue weighted by Gasteiger charge is 2.06. The van der Waals surface area contributed by atoms with Crippen LogP contribution >= 0.6 is 11.8 Å². The standard InChI is InChI=1S/C12H14N4OS/c1-9-7-13-15-16(9)8-12(17)14-10-4-3-5-11(6-10)18-2/h3-7H,8H2,1-2H3,(H,14,17). The van der Waals surface area contributed by atoms with E-state index in [4.69, 9.17) is 0 Å². The van der Waals surface area contributed by atoms with Crippen molar-refractivity contribution in [2.24, 2.45) is 0 Å². The highest BCUT2D eigenvalue weighted by atomic mass is 32.2. The largest absolute Gasteiger partial charge is 0.324 e. The molecule has 0 aliphatic rings. The van der Waals surface area contributed by atoms with E-state index in [1.807, 2.05) is 37.4 Å². The number of amides is 1.